The maximum absolute atomic E-state index is 12.8. The fraction of sp³-hybridized carbons (Fsp3) is 0. The molecule has 3 rings (SSSR count). The monoisotopic (exact) mass is 703 g/mol. The summed E-state index contributed by atoms with van der Waals surface area (Å²) in [4.78, 5) is 53.2. The summed E-state index contributed by atoms with van der Waals surface area (Å²) in [6.07, 6.45) is 0. The summed E-state index contributed by atoms with van der Waals surface area (Å²) in [5.41, 5.74) is -0.628. The van der Waals surface area contributed by atoms with Crippen molar-refractivity contribution < 1.29 is 31.2 Å². The zero-order chi connectivity index (χ0) is 27.5. The minimum absolute atomic E-state index is 0.107. The van der Waals surface area contributed by atoms with Gasteiger partial charge in [0.15, 0.2) is 0 Å². The van der Waals surface area contributed by atoms with E-state index in [0.717, 1.165) is 12.1 Å². The molecule has 36 heavy (non-hydrogen) atoms. The molecule has 0 spiro atoms. The fourth-order valence-corrected chi connectivity index (χ4v) is 21.0. The Morgan fingerprint density at radius 2 is 0.833 bits per heavy atom. The first-order valence-corrected chi connectivity index (χ1v) is 17.5. The molecule has 0 fully saturated rings. The van der Waals surface area contributed by atoms with Crippen LogP contribution in [0, 0.1) is 50.6 Å². The maximum atomic E-state index is 12.8. The summed E-state index contributed by atoms with van der Waals surface area (Å²) < 4.78 is -2.35. The molecule has 2 N–H and O–H groups in total. The second-order valence-electron chi connectivity index (χ2n) is 6.39. The van der Waals surface area contributed by atoms with Crippen molar-refractivity contribution in [2.24, 2.45) is 0 Å². The standard InChI is InChI=1S/C6H4NO2.2C6H5.Bi.2HNO3.2NO2/c8-7(9)6-4-2-1-3-5-6;2*1-2-4-6-5-3-1;;2*2-1(3)4;2*2-1-3/h1-4H;2*1-5H;;2*(H,2,3,4);;. The van der Waals surface area contributed by atoms with E-state index in [4.69, 9.17) is 30.6 Å². The van der Waals surface area contributed by atoms with Gasteiger partial charge in [-0.25, -0.2) is 0 Å². The third-order valence-electron chi connectivity index (χ3n) is 4.66. The third kappa shape index (κ3) is 5.28. The van der Waals surface area contributed by atoms with Crippen molar-refractivity contribution >= 4 is 34.9 Å². The van der Waals surface area contributed by atoms with Gasteiger partial charge in [-0.05, 0) is 0 Å². The van der Waals surface area contributed by atoms with E-state index in [1.54, 1.807) is 12.1 Å². The molecule has 0 atom stereocenters. The van der Waals surface area contributed by atoms with Crippen LogP contribution >= 0.6 is 0 Å². The summed E-state index contributed by atoms with van der Waals surface area (Å²) in [6, 6.07) is 19.2. The van der Waals surface area contributed by atoms with Crippen LogP contribution in [0.3, 0.4) is 0 Å². The van der Waals surface area contributed by atoms with Gasteiger partial charge in [0, 0.05) is 0 Å². The zero-order valence-corrected chi connectivity index (χ0v) is 21.2. The van der Waals surface area contributed by atoms with Crippen LogP contribution in [-0.4, -0.2) is 50.6 Å². The predicted octanol–water partition coefficient (Wildman–Crippen LogP) is 0.870. The summed E-state index contributed by atoms with van der Waals surface area (Å²) >= 11 is -7.09. The molecule has 0 aromatic heterocycles. The number of nitro benzene ring substituents is 1. The average molecular weight is 703 g/mol. The number of hydrogen-bond acceptors (Lipinski definition) is 10. The number of rotatable bonds is 6. The molecule has 18 heteroatoms. The van der Waals surface area contributed by atoms with Crippen molar-refractivity contribution in [3.8, 4) is 0 Å². The van der Waals surface area contributed by atoms with Gasteiger partial charge in [-0.1, -0.05) is 0 Å². The van der Waals surface area contributed by atoms with E-state index in [1.807, 2.05) is 0 Å². The summed E-state index contributed by atoms with van der Waals surface area (Å²) in [5, 5.41) is 64.6. The van der Waals surface area contributed by atoms with Gasteiger partial charge < -0.3 is 10.4 Å². The zero-order valence-electron chi connectivity index (χ0n) is 17.7. The normalized spacial score (nSPS) is 11.1. The number of benzene rings is 3. The van der Waals surface area contributed by atoms with Crippen molar-refractivity contribution in [3.05, 3.63) is 136 Å². The van der Waals surface area contributed by atoms with Gasteiger partial charge in [-0.15, -0.1) is 20.2 Å². The van der Waals surface area contributed by atoms with Crippen molar-refractivity contribution in [1.29, 1.82) is 0 Å². The van der Waals surface area contributed by atoms with Gasteiger partial charge in [-0.2, -0.15) is 0 Å². The van der Waals surface area contributed by atoms with Crippen LogP contribution in [0.25, 0.3) is 0 Å². The number of nitrogens with zero attached hydrogens (tertiary/aromatic N) is 5. The summed E-state index contributed by atoms with van der Waals surface area (Å²) in [5.74, 6) is 0. The fourth-order valence-electron chi connectivity index (χ4n) is 3.44. The van der Waals surface area contributed by atoms with Crippen LogP contribution in [0.1, 0.15) is 0 Å². The predicted molar refractivity (Wildman–Crippen MR) is 122 cm³/mol. The van der Waals surface area contributed by atoms with E-state index < -0.39 is 49.2 Å². The van der Waals surface area contributed by atoms with Gasteiger partial charge in [0.05, 0.1) is 0 Å². The molecular formula is C18H16BiN5O12. The summed E-state index contributed by atoms with van der Waals surface area (Å²) in [6.45, 7) is 0. The Hall–Kier alpha value is -4.86. The molecule has 17 nitrogen and oxygen atoms in total. The van der Waals surface area contributed by atoms with Crippen LogP contribution in [0.4, 0.5) is 5.69 Å². The molecule has 0 aliphatic rings. The first-order valence-electron chi connectivity index (χ1n) is 9.17. The average Bonchev–Trinajstić information content (AvgIpc) is 2.80. The number of para-hydroxylation sites is 1. The van der Waals surface area contributed by atoms with E-state index in [0.29, 0.717) is 0 Å². The third-order valence-corrected chi connectivity index (χ3v) is 24.5. The SMILES string of the molecule is O=[N+]([O-])O.O=[N+]([O-])O.O=[N+]([O-])c1cccc[c]1[Bi]([c]1ccccc1)([c]1ccccc1)([N+](=O)[O-])[N+](=O)[O-]. The Bertz CT molecular complexity index is 1200. The van der Waals surface area contributed by atoms with Gasteiger partial charge in [-0.3, -0.25) is 0 Å². The molecule has 0 aliphatic heterocycles. The quantitative estimate of drug-likeness (QED) is 0.206. The van der Waals surface area contributed by atoms with Crippen LogP contribution in [0.5, 0.6) is 0 Å². The van der Waals surface area contributed by atoms with Crippen molar-refractivity contribution in [1.82, 2.24) is 0 Å². The van der Waals surface area contributed by atoms with E-state index >= 15 is 0 Å². The van der Waals surface area contributed by atoms with Gasteiger partial charge in [0.1, 0.15) is 0 Å². The van der Waals surface area contributed by atoms with Crippen LogP contribution < -0.4 is 9.81 Å². The molecule has 0 amide bonds. The van der Waals surface area contributed by atoms with Gasteiger partial charge in [0.2, 0.25) is 0 Å². The topological polar surface area (TPSA) is 256 Å². The molecule has 0 saturated carbocycles. The molecule has 0 heterocycles. The second-order valence-corrected chi connectivity index (χ2v) is 22.8. The van der Waals surface area contributed by atoms with E-state index in [2.05, 4.69) is 0 Å². The second kappa shape index (κ2) is 12.0. The Balaban J connectivity index is 0.000000709. The molecule has 0 radical (unpaired) electrons. The Kier molecular flexibility index (Phi) is 9.74. The molecule has 0 unspecified atom stereocenters. The van der Waals surface area contributed by atoms with Crippen molar-refractivity contribution in [2.45, 2.75) is 0 Å². The molecular weight excluding hydrogens is 687 g/mol. The van der Waals surface area contributed by atoms with Crippen LogP contribution in [-0.2, 0) is 0 Å². The van der Waals surface area contributed by atoms with E-state index in [-0.39, 0.29) is 6.54 Å². The molecule has 190 valence electrons. The van der Waals surface area contributed by atoms with E-state index in [1.165, 1.54) is 60.7 Å². The van der Waals surface area contributed by atoms with Crippen molar-refractivity contribution in [3.63, 3.8) is 0 Å². The minimum atomic E-state index is -7.09. The molecule has 0 saturated heterocycles. The van der Waals surface area contributed by atoms with Gasteiger partial charge >= 0.3 is 161 Å². The molecule has 0 bridgehead atoms. The number of hydrogen-bond donors (Lipinski definition) is 2. The van der Waals surface area contributed by atoms with Crippen molar-refractivity contribution in [2.75, 3.05) is 0 Å². The van der Waals surface area contributed by atoms with E-state index in [9.17, 15) is 30.3 Å². The Labute approximate surface area is 201 Å². The molecule has 3 aromatic rings. The summed E-state index contributed by atoms with van der Waals surface area (Å²) in [7, 11) is 0. The number of nitro groups is 3. The molecule has 3 aromatic carbocycles. The van der Waals surface area contributed by atoms with Crippen LogP contribution in [0.15, 0.2) is 84.9 Å². The van der Waals surface area contributed by atoms with Crippen LogP contribution in [0.2, 0.25) is 0 Å². The van der Waals surface area contributed by atoms with Gasteiger partial charge in [0.25, 0.3) is 10.2 Å². The Morgan fingerprint density at radius 1 is 0.528 bits per heavy atom. The Morgan fingerprint density at radius 3 is 1.14 bits per heavy atom. The first-order chi connectivity index (χ1) is 16.8. The molecule has 0 aliphatic carbocycles. The first kappa shape index (κ1) is 29.2.